The zero-order chi connectivity index (χ0) is 31.2. The Kier molecular flexibility index (Phi) is 10.4. The Morgan fingerprint density at radius 1 is 1.14 bits per heavy atom. The van der Waals surface area contributed by atoms with Gasteiger partial charge in [0.05, 0.1) is 25.6 Å². The molecule has 12 heteroatoms. The molecule has 0 aliphatic carbocycles. The van der Waals surface area contributed by atoms with Gasteiger partial charge in [0, 0.05) is 48.7 Å². The fraction of sp³-hybridized carbons (Fsp3) is 0.419. The van der Waals surface area contributed by atoms with Crippen LogP contribution < -0.4 is 25.6 Å². The molecule has 1 atom stereocenters. The second kappa shape index (κ2) is 13.8. The third kappa shape index (κ3) is 9.44. The lowest BCUT2D eigenvalue weighted by Crippen LogP contribution is -2.45. The summed E-state index contributed by atoms with van der Waals surface area (Å²) in [5.41, 5.74) is 1.76. The molecule has 232 valence electrons. The largest absolute Gasteiger partial charge is 0.447 e. The van der Waals surface area contributed by atoms with Crippen LogP contribution in [0.2, 0.25) is 0 Å². The molecule has 0 bridgehead atoms. The van der Waals surface area contributed by atoms with Crippen LogP contribution in [0.5, 0.6) is 0 Å². The highest BCUT2D eigenvalue weighted by molar-refractivity contribution is 7.98. The lowest BCUT2D eigenvalue weighted by molar-refractivity contribution is 0.111. The van der Waals surface area contributed by atoms with E-state index in [1.165, 1.54) is 11.3 Å². The summed E-state index contributed by atoms with van der Waals surface area (Å²) in [6.45, 7) is 11.3. The minimum atomic E-state index is -2.96. The van der Waals surface area contributed by atoms with E-state index in [2.05, 4.69) is 36.4 Å². The predicted octanol–water partition coefficient (Wildman–Crippen LogP) is 5.61. The molecule has 1 aliphatic rings. The van der Waals surface area contributed by atoms with Gasteiger partial charge in [0.15, 0.2) is 5.13 Å². The van der Waals surface area contributed by atoms with E-state index in [1.54, 1.807) is 18.3 Å². The van der Waals surface area contributed by atoms with Gasteiger partial charge in [-0.25, -0.2) is 23.5 Å². The Balaban J connectivity index is 1.50. The van der Waals surface area contributed by atoms with Crippen LogP contribution in [0.15, 0.2) is 59.6 Å². The van der Waals surface area contributed by atoms with Crippen LogP contribution in [0.1, 0.15) is 53.0 Å². The van der Waals surface area contributed by atoms with Crippen molar-refractivity contribution in [2.24, 2.45) is 0 Å². The monoisotopic (exact) mass is 626 g/mol. The molecule has 1 saturated heterocycles. The SMILES string of the molecule is C=S(=O)(NC(C)(C)C)c1cc(NC(=O)NCc2ccccc2)ccc1-c1cnc(N2CCC(NC(=O)OC(C)C)CC2)s1. The number of thiazole rings is 1. The summed E-state index contributed by atoms with van der Waals surface area (Å²) in [4.78, 5) is 32.9. The first kappa shape index (κ1) is 32.3. The van der Waals surface area contributed by atoms with Gasteiger partial charge in [-0.1, -0.05) is 47.7 Å². The molecule has 2 aromatic carbocycles. The number of ether oxygens (including phenoxy) is 1. The van der Waals surface area contributed by atoms with Crippen LogP contribution in [0, 0.1) is 0 Å². The number of carbonyl (C=O) groups excluding carboxylic acids is 2. The molecule has 2 heterocycles. The highest BCUT2D eigenvalue weighted by Crippen LogP contribution is 2.37. The third-order valence-electron chi connectivity index (χ3n) is 6.55. The van der Waals surface area contributed by atoms with Gasteiger partial charge in [0.25, 0.3) is 0 Å². The highest BCUT2D eigenvalue weighted by Gasteiger charge is 2.26. The molecular weight excluding hydrogens is 585 g/mol. The maximum absolute atomic E-state index is 14.0. The summed E-state index contributed by atoms with van der Waals surface area (Å²) in [6, 6.07) is 14.7. The van der Waals surface area contributed by atoms with Crippen LogP contribution in [-0.2, 0) is 21.0 Å². The quantitative estimate of drug-likeness (QED) is 0.229. The Bertz CT molecular complexity index is 1510. The summed E-state index contributed by atoms with van der Waals surface area (Å²) in [5, 5.41) is 9.51. The Morgan fingerprint density at radius 2 is 1.84 bits per heavy atom. The van der Waals surface area contributed by atoms with Gasteiger partial charge in [0.2, 0.25) is 0 Å². The summed E-state index contributed by atoms with van der Waals surface area (Å²) in [6.07, 6.45) is 2.80. The van der Waals surface area contributed by atoms with Gasteiger partial charge in [-0.05, 0) is 71.0 Å². The lowest BCUT2D eigenvalue weighted by atomic mass is 10.1. The van der Waals surface area contributed by atoms with E-state index >= 15 is 0 Å². The Hall–Kier alpha value is -3.61. The minimum absolute atomic E-state index is 0.0535. The van der Waals surface area contributed by atoms with E-state index in [0.717, 1.165) is 47.1 Å². The summed E-state index contributed by atoms with van der Waals surface area (Å²) >= 11 is 1.51. The third-order valence-corrected chi connectivity index (χ3v) is 9.63. The van der Waals surface area contributed by atoms with Crippen molar-refractivity contribution in [3.05, 3.63) is 60.3 Å². The molecule has 1 fully saturated rings. The average molecular weight is 627 g/mol. The maximum atomic E-state index is 14.0. The number of anilines is 2. The number of amides is 3. The summed E-state index contributed by atoms with van der Waals surface area (Å²) in [7, 11) is -2.96. The number of hydrogen-bond acceptors (Lipinski definition) is 7. The van der Waals surface area contributed by atoms with E-state index in [0.29, 0.717) is 17.1 Å². The van der Waals surface area contributed by atoms with E-state index < -0.39 is 15.2 Å². The number of benzene rings is 2. The number of urea groups is 1. The number of carbonyl (C=O) groups is 2. The molecule has 1 aromatic heterocycles. The van der Waals surface area contributed by atoms with Crippen LogP contribution in [0.4, 0.5) is 20.4 Å². The first-order valence-corrected chi connectivity index (χ1v) is 16.9. The number of rotatable bonds is 9. The lowest BCUT2D eigenvalue weighted by Gasteiger charge is -2.32. The second-order valence-electron chi connectivity index (χ2n) is 11.9. The molecule has 1 unspecified atom stereocenters. The maximum Gasteiger partial charge on any atom is 0.407 e. The van der Waals surface area contributed by atoms with Gasteiger partial charge in [-0.15, -0.1) is 0 Å². The van der Waals surface area contributed by atoms with Crippen molar-refractivity contribution in [1.29, 1.82) is 0 Å². The van der Waals surface area contributed by atoms with E-state index in [9.17, 15) is 13.8 Å². The normalized spacial score (nSPS) is 15.5. The summed E-state index contributed by atoms with van der Waals surface area (Å²) < 4.78 is 22.4. The van der Waals surface area contributed by atoms with Crippen molar-refractivity contribution in [2.45, 2.75) is 76.6 Å². The first-order valence-electron chi connectivity index (χ1n) is 14.4. The van der Waals surface area contributed by atoms with Crippen LogP contribution in [-0.4, -0.2) is 58.0 Å². The molecular formula is C31H42N6O4S2. The molecule has 4 rings (SSSR count). The highest BCUT2D eigenvalue weighted by atomic mass is 32.2. The molecule has 4 N–H and O–H groups in total. The number of alkyl carbamates (subject to hydrolysis) is 1. The zero-order valence-electron chi connectivity index (χ0n) is 25.4. The fourth-order valence-corrected chi connectivity index (χ4v) is 7.77. The minimum Gasteiger partial charge on any atom is -0.447 e. The van der Waals surface area contributed by atoms with E-state index in [-0.39, 0.29) is 24.3 Å². The predicted molar refractivity (Wildman–Crippen MR) is 176 cm³/mol. The van der Waals surface area contributed by atoms with Gasteiger partial charge >= 0.3 is 12.1 Å². The molecule has 0 saturated carbocycles. The van der Waals surface area contributed by atoms with Gasteiger partial charge in [-0.3, -0.25) is 0 Å². The molecule has 1 aliphatic heterocycles. The number of nitrogens with zero attached hydrogens (tertiary/aromatic N) is 2. The number of hydrogen-bond donors (Lipinski definition) is 4. The standard InChI is InChI=1S/C31H42N6O4S2/c1-21(2)41-30(39)35-23-14-16-37(17-15-23)29-33-20-26(42-29)25-13-12-24(18-27(25)43(6,40)36-31(3,4)5)34-28(38)32-19-22-10-8-7-9-11-22/h7-13,18,20-21,23H,6,14-17,19H2,1-5H3,(H,35,39)(H,36,40)(H2,32,34,38). The Labute approximate surface area is 258 Å². The second-order valence-corrected chi connectivity index (χ2v) is 14.9. The van der Waals surface area contributed by atoms with E-state index in [4.69, 9.17) is 4.74 Å². The molecule has 3 aromatic rings. The molecule has 43 heavy (non-hydrogen) atoms. The van der Waals surface area contributed by atoms with Gasteiger partial charge in [0.1, 0.15) is 0 Å². The van der Waals surface area contributed by atoms with Crippen LogP contribution in [0.3, 0.4) is 0 Å². The average Bonchev–Trinajstić information content (AvgIpc) is 3.41. The van der Waals surface area contributed by atoms with Gasteiger partial charge in [-0.2, -0.15) is 0 Å². The van der Waals surface area contributed by atoms with Crippen molar-refractivity contribution < 1.29 is 18.5 Å². The van der Waals surface area contributed by atoms with Crippen LogP contribution >= 0.6 is 11.3 Å². The molecule has 3 amide bonds. The van der Waals surface area contributed by atoms with Crippen molar-refractivity contribution in [3.8, 4) is 10.4 Å². The van der Waals surface area contributed by atoms with Crippen molar-refractivity contribution >= 4 is 49.9 Å². The van der Waals surface area contributed by atoms with Crippen molar-refractivity contribution in [2.75, 3.05) is 23.3 Å². The number of nitrogens with one attached hydrogen (secondary N) is 4. The molecule has 10 nitrogen and oxygen atoms in total. The van der Waals surface area contributed by atoms with Crippen LogP contribution in [0.25, 0.3) is 10.4 Å². The molecule has 0 spiro atoms. The van der Waals surface area contributed by atoms with Crippen molar-refractivity contribution in [3.63, 3.8) is 0 Å². The summed E-state index contributed by atoms with van der Waals surface area (Å²) in [5.74, 6) is 4.07. The van der Waals surface area contributed by atoms with Crippen molar-refractivity contribution in [1.82, 2.24) is 20.3 Å². The number of piperidine rings is 1. The topological polar surface area (TPSA) is 125 Å². The molecule has 0 radical (unpaired) electrons. The van der Waals surface area contributed by atoms with E-state index in [1.807, 2.05) is 71.0 Å². The Morgan fingerprint density at radius 3 is 2.49 bits per heavy atom. The zero-order valence-corrected chi connectivity index (χ0v) is 27.1. The van der Waals surface area contributed by atoms with Gasteiger partial charge < -0.3 is 25.6 Å². The first-order chi connectivity index (χ1) is 20.3. The number of aromatic nitrogens is 1. The fourth-order valence-electron chi connectivity index (χ4n) is 4.75. The smallest absolute Gasteiger partial charge is 0.407 e.